The first-order chi connectivity index (χ1) is 11.8. The Morgan fingerprint density at radius 1 is 1.04 bits per heavy atom. The van der Waals surface area contributed by atoms with Crippen LogP contribution in [0.2, 0.25) is 0 Å². The molecule has 0 atom stereocenters. The largest absolute Gasteiger partial charge is 0.272 e. The second-order valence-electron chi connectivity index (χ2n) is 5.20. The van der Waals surface area contributed by atoms with Crippen molar-refractivity contribution in [3.63, 3.8) is 0 Å². The van der Waals surface area contributed by atoms with Crippen molar-refractivity contribution in [2.24, 2.45) is 5.10 Å². The standard InChI is InChI=1S/C16H14N4O5/c1-10-6-7-12(9-15(10)20(24)25)11(2)17-18-16(21)13-4-3-5-14(8-13)19(22)23/h3-9H,1-2H3,(H,18,21)/b17-11-. The van der Waals surface area contributed by atoms with Gasteiger partial charge in [0.2, 0.25) is 0 Å². The highest BCUT2D eigenvalue weighted by atomic mass is 16.6. The summed E-state index contributed by atoms with van der Waals surface area (Å²) in [6, 6.07) is 9.84. The van der Waals surface area contributed by atoms with Crippen LogP contribution in [-0.4, -0.2) is 21.5 Å². The summed E-state index contributed by atoms with van der Waals surface area (Å²) in [7, 11) is 0. The first kappa shape index (κ1) is 17.7. The van der Waals surface area contributed by atoms with Crippen LogP contribution < -0.4 is 5.43 Å². The molecule has 2 rings (SSSR count). The number of benzene rings is 2. The Bertz CT molecular complexity index is 892. The molecule has 0 fully saturated rings. The van der Waals surface area contributed by atoms with E-state index in [-0.39, 0.29) is 16.9 Å². The van der Waals surface area contributed by atoms with Crippen LogP contribution in [0.4, 0.5) is 11.4 Å². The average molecular weight is 342 g/mol. The van der Waals surface area contributed by atoms with Gasteiger partial charge in [0.25, 0.3) is 17.3 Å². The highest BCUT2D eigenvalue weighted by Crippen LogP contribution is 2.19. The second kappa shape index (κ2) is 7.30. The van der Waals surface area contributed by atoms with Gasteiger partial charge in [-0.25, -0.2) is 5.43 Å². The molecule has 1 amide bonds. The fourth-order valence-corrected chi connectivity index (χ4v) is 2.06. The maximum absolute atomic E-state index is 12.0. The minimum Gasteiger partial charge on any atom is -0.267 e. The first-order valence-corrected chi connectivity index (χ1v) is 7.14. The number of amides is 1. The van der Waals surface area contributed by atoms with E-state index < -0.39 is 15.8 Å². The zero-order valence-corrected chi connectivity index (χ0v) is 13.4. The number of rotatable bonds is 5. The maximum atomic E-state index is 12.0. The van der Waals surface area contributed by atoms with E-state index in [1.165, 1.54) is 24.3 Å². The molecule has 2 aromatic rings. The van der Waals surface area contributed by atoms with Crippen molar-refractivity contribution >= 4 is 23.0 Å². The number of nitrogens with one attached hydrogen (secondary N) is 1. The topological polar surface area (TPSA) is 128 Å². The van der Waals surface area contributed by atoms with Gasteiger partial charge in [-0.2, -0.15) is 5.10 Å². The molecule has 0 aliphatic rings. The number of hydrogen-bond acceptors (Lipinski definition) is 6. The Balaban J connectivity index is 2.20. The second-order valence-corrected chi connectivity index (χ2v) is 5.20. The van der Waals surface area contributed by atoms with Crippen molar-refractivity contribution in [1.29, 1.82) is 0 Å². The van der Waals surface area contributed by atoms with Crippen molar-refractivity contribution in [2.75, 3.05) is 0 Å². The smallest absolute Gasteiger partial charge is 0.267 e. The van der Waals surface area contributed by atoms with E-state index in [9.17, 15) is 25.0 Å². The summed E-state index contributed by atoms with van der Waals surface area (Å²) in [4.78, 5) is 32.7. The molecule has 0 radical (unpaired) electrons. The highest BCUT2D eigenvalue weighted by molar-refractivity contribution is 6.01. The lowest BCUT2D eigenvalue weighted by Gasteiger charge is -2.04. The number of carbonyl (C=O) groups excluding carboxylic acids is 1. The van der Waals surface area contributed by atoms with Gasteiger partial charge in [-0.05, 0) is 19.9 Å². The van der Waals surface area contributed by atoms with E-state index in [0.29, 0.717) is 16.8 Å². The lowest BCUT2D eigenvalue weighted by atomic mass is 10.1. The monoisotopic (exact) mass is 342 g/mol. The molecule has 0 unspecified atom stereocenters. The van der Waals surface area contributed by atoms with Crippen LogP contribution in [0.3, 0.4) is 0 Å². The summed E-state index contributed by atoms with van der Waals surface area (Å²) in [6.07, 6.45) is 0. The lowest BCUT2D eigenvalue weighted by molar-refractivity contribution is -0.385. The van der Waals surface area contributed by atoms with Crippen LogP contribution in [-0.2, 0) is 0 Å². The van der Waals surface area contributed by atoms with Crippen molar-refractivity contribution in [3.8, 4) is 0 Å². The molecular formula is C16H14N4O5. The predicted molar refractivity (Wildman–Crippen MR) is 90.6 cm³/mol. The highest BCUT2D eigenvalue weighted by Gasteiger charge is 2.13. The molecule has 0 spiro atoms. The number of nitro groups is 2. The summed E-state index contributed by atoms with van der Waals surface area (Å²) in [5.41, 5.74) is 3.48. The van der Waals surface area contributed by atoms with E-state index in [2.05, 4.69) is 10.5 Å². The number of non-ortho nitro benzene ring substituents is 1. The average Bonchev–Trinajstić information content (AvgIpc) is 2.59. The fourth-order valence-electron chi connectivity index (χ4n) is 2.06. The molecule has 128 valence electrons. The Kier molecular flexibility index (Phi) is 5.18. The van der Waals surface area contributed by atoms with Crippen molar-refractivity contribution < 1.29 is 14.6 Å². The molecule has 0 heterocycles. The van der Waals surface area contributed by atoms with Crippen molar-refractivity contribution in [2.45, 2.75) is 13.8 Å². The fraction of sp³-hybridized carbons (Fsp3) is 0.125. The summed E-state index contributed by atoms with van der Waals surface area (Å²) in [5.74, 6) is -0.621. The minimum absolute atomic E-state index is 0.0444. The summed E-state index contributed by atoms with van der Waals surface area (Å²) in [6.45, 7) is 3.21. The Morgan fingerprint density at radius 3 is 2.40 bits per heavy atom. The zero-order chi connectivity index (χ0) is 18.6. The van der Waals surface area contributed by atoms with E-state index in [1.807, 2.05) is 0 Å². The third-order valence-electron chi connectivity index (χ3n) is 3.47. The van der Waals surface area contributed by atoms with Gasteiger partial charge in [0, 0.05) is 34.9 Å². The number of aryl methyl sites for hydroxylation is 1. The molecule has 2 aromatic carbocycles. The van der Waals surface area contributed by atoms with E-state index in [1.54, 1.807) is 26.0 Å². The third-order valence-corrected chi connectivity index (χ3v) is 3.47. The van der Waals surface area contributed by atoms with Gasteiger partial charge in [0.1, 0.15) is 0 Å². The Morgan fingerprint density at radius 2 is 1.76 bits per heavy atom. The molecule has 0 aromatic heterocycles. The molecule has 0 bridgehead atoms. The van der Waals surface area contributed by atoms with Gasteiger partial charge < -0.3 is 0 Å². The first-order valence-electron chi connectivity index (χ1n) is 7.14. The van der Waals surface area contributed by atoms with Gasteiger partial charge in [-0.3, -0.25) is 25.0 Å². The molecule has 0 aliphatic carbocycles. The number of nitrogens with zero attached hydrogens (tertiary/aromatic N) is 3. The van der Waals surface area contributed by atoms with Crippen molar-refractivity contribution in [1.82, 2.24) is 5.43 Å². The van der Waals surface area contributed by atoms with Crippen LogP contribution >= 0.6 is 0 Å². The van der Waals surface area contributed by atoms with Gasteiger partial charge in [0.05, 0.1) is 15.6 Å². The SMILES string of the molecule is C/C(=N/NC(=O)c1cccc([N+](=O)[O-])c1)c1ccc(C)c([N+](=O)[O-])c1. The number of carbonyl (C=O) groups is 1. The molecular weight excluding hydrogens is 328 g/mol. The number of hydrazone groups is 1. The number of hydrogen-bond donors (Lipinski definition) is 1. The Hall–Kier alpha value is -3.62. The van der Waals surface area contributed by atoms with Crippen LogP contribution in [0.25, 0.3) is 0 Å². The molecule has 0 aliphatic heterocycles. The van der Waals surface area contributed by atoms with Crippen LogP contribution in [0.5, 0.6) is 0 Å². The molecule has 9 heteroatoms. The van der Waals surface area contributed by atoms with E-state index in [0.717, 1.165) is 6.07 Å². The molecule has 0 saturated carbocycles. The molecule has 0 saturated heterocycles. The van der Waals surface area contributed by atoms with Gasteiger partial charge in [-0.1, -0.05) is 18.2 Å². The van der Waals surface area contributed by atoms with Crippen LogP contribution in [0.1, 0.15) is 28.4 Å². The lowest BCUT2D eigenvalue weighted by Crippen LogP contribution is -2.19. The summed E-state index contributed by atoms with van der Waals surface area (Å²) >= 11 is 0. The molecule has 1 N–H and O–H groups in total. The normalized spacial score (nSPS) is 11.0. The van der Waals surface area contributed by atoms with Crippen LogP contribution in [0.15, 0.2) is 47.6 Å². The number of nitro benzene ring substituents is 2. The minimum atomic E-state index is -0.621. The van der Waals surface area contributed by atoms with Gasteiger partial charge >= 0.3 is 0 Å². The van der Waals surface area contributed by atoms with Crippen LogP contribution in [0, 0.1) is 27.2 Å². The van der Waals surface area contributed by atoms with E-state index >= 15 is 0 Å². The zero-order valence-electron chi connectivity index (χ0n) is 13.4. The van der Waals surface area contributed by atoms with E-state index in [4.69, 9.17) is 0 Å². The summed E-state index contributed by atoms with van der Waals surface area (Å²) < 4.78 is 0. The van der Waals surface area contributed by atoms with Gasteiger partial charge in [0.15, 0.2) is 0 Å². The third kappa shape index (κ3) is 4.22. The maximum Gasteiger partial charge on any atom is 0.272 e. The van der Waals surface area contributed by atoms with Crippen molar-refractivity contribution in [3.05, 3.63) is 79.4 Å². The van der Waals surface area contributed by atoms with Gasteiger partial charge in [-0.15, -0.1) is 0 Å². The molecule has 9 nitrogen and oxygen atoms in total. The quantitative estimate of drug-likeness (QED) is 0.507. The molecule has 25 heavy (non-hydrogen) atoms. The summed E-state index contributed by atoms with van der Waals surface area (Å²) in [5, 5.41) is 25.6. The Labute approximate surface area is 142 Å². The predicted octanol–water partition coefficient (Wildman–Crippen LogP) is 2.97.